The molecule has 0 aliphatic carbocycles. The monoisotopic (exact) mass is 196 g/mol. The molecule has 3 saturated heterocycles. The average Bonchev–Trinajstić information content (AvgIpc) is 2.28. The van der Waals surface area contributed by atoms with Crippen molar-refractivity contribution in [2.24, 2.45) is 5.92 Å². The summed E-state index contributed by atoms with van der Waals surface area (Å²) in [6, 6.07) is 0.201. The fourth-order valence-corrected chi connectivity index (χ4v) is 2.42. The lowest BCUT2D eigenvalue weighted by atomic mass is 9.93. The number of carbonyl (C=O) groups is 1. The van der Waals surface area contributed by atoms with E-state index >= 15 is 0 Å². The summed E-state index contributed by atoms with van der Waals surface area (Å²) < 4.78 is 0. The smallest absolute Gasteiger partial charge is 0.154 e. The standard InChI is InChI=1S/C11H20N2O/c1-3-9(2)11(14)10-8-12-4-6-13(10)7-5-12/h9-10H,3-8H2,1-2H3. The van der Waals surface area contributed by atoms with Crippen molar-refractivity contribution >= 4 is 5.78 Å². The first-order chi connectivity index (χ1) is 6.72. The van der Waals surface area contributed by atoms with Gasteiger partial charge in [-0.2, -0.15) is 0 Å². The fraction of sp³-hybridized carbons (Fsp3) is 0.909. The van der Waals surface area contributed by atoms with Crippen LogP contribution in [0.15, 0.2) is 0 Å². The SMILES string of the molecule is CCC(C)C(=O)C1CN2CCN1CC2. The lowest BCUT2D eigenvalue weighted by Crippen LogP contribution is -2.63. The second-order valence-corrected chi connectivity index (χ2v) is 4.56. The van der Waals surface area contributed by atoms with Crippen molar-refractivity contribution < 1.29 is 4.79 Å². The Bertz CT molecular complexity index is 221. The van der Waals surface area contributed by atoms with E-state index in [1.165, 1.54) is 0 Å². The van der Waals surface area contributed by atoms with Crippen LogP contribution < -0.4 is 0 Å². The number of hydrogen-bond acceptors (Lipinski definition) is 3. The van der Waals surface area contributed by atoms with Crippen LogP contribution in [0.25, 0.3) is 0 Å². The van der Waals surface area contributed by atoms with E-state index < -0.39 is 0 Å². The number of ketones is 1. The molecule has 0 amide bonds. The molecule has 14 heavy (non-hydrogen) atoms. The molecule has 2 unspecified atom stereocenters. The molecule has 3 heteroatoms. The van der Waals surface area contributed by atoms with Crippen LogP contribution in [0.2, 0.25) is 0 Å². The Labute approximate surface area is 86.1 Å². The summed E-state index contributed by atoms with van der Waals surface area (Å²) in [6.45, 7) is 9.62. The molecule has 0 N–H and O–H groups in total. The van der Waals surface area contributed by atoms with Gasteiger partial charge in [-0.1, -0.05) is 13.8 Å². The largest absolute Gasteiger partial charge is 0.299 e. The van der Waals surface area contributed by atoms with Crippen LogP contribution in [0.4, 0.5) is 0 Å². The topological polar surface area (TPSA) is 23.6 Å². The Morgan fingerprint density at radius 3 is 2.43 bits per heavy atom. The van der Waals surface area contributed by atoms with Crippen molar-refractivity contribution in [3.8, 4) is 0 Å². The molecule has 3 aliphatic heterocycles. The summed E-state index contributed by atoms with van der Waals surface area (Å²) in [6.07, 6.45) is 0.975. The third-order valence-corrected chi connectivity index (χ3v) is 3.71. The zero-order valence-electron chi connectivity index (χ0n) is 9.20. The second kappa shape index (κ2) is 3.99. The van der Waals surface area contributed by atoms with E-state index in [-0.39, 0.29) is 12.0 Å². The third-order valence-electron chi connectivity index (χ3n) is 3.71. The van der Waals surface area contributed by atoms with E-state index in [0.29, 0.717) is 5.78 Å². The molecule has 0 spiro atoms. The maximum absolute atomic E-state index is 12.1. The zero-order chi connectivity index (χ0) is 10.1. The van der Waals surface area contributed by atoms with Gasteiger partial charge in [0.15, 0.2) is 5.78 Å². The molecule has 2 atom stereocenters. The van der Waals surface area contributed by atoms with E-state index in [0.717, 1.165) is 39.1 Å². The van der Waals surface area contributed by atoms with Crippen LogP contribution in [0, 0.1) is 5.92 Å². The number of Topliss-reactive ketones (excluding diaryl/α,β-unsaturated/α-hetero) is 1. The van der Waals surface area contributed by atoms with Gasteiger partial charge >= 0.3 is 0 Å². The molecule has 0 aromatic carbocycles. The predicted octanol–water partition coefficient (Wildman–Crippen LogP) is 0.601. The number of carbonyl (C=O) groups excluding carboxylic acids is 1. The Morgan fingerprint density at radius 2 is 2.00 bits per heavy atom. The first-order valence-corrected chi connectivity index (χ1v) is 5.72. The fourth-order valence-electron chi connectivity index (χ4n) is 2.42. The van der Waals surface area contributed by atoms with Crippen LogP contribution in [-0.2, 0) is 4.79 Å². The van der Waals surface area contributed by atoms with Crippen LogP contribution >= 0.6 is 0 Å². The van der Waals surface area contributed by atoms with Gasteiger partial charge in [-0.25, -0.2) is 0 Å². The van der Waals surface area contributed by atoms with Gasteiger partial charge in [0.2, 0.25) is 0 Å². The van der Waals surface area contributed by atoms with Gasteiger partial charge in [0.1, 0.15) is 0 Å². The predicted molar refractivity (Wildman–Crippen MR) is 56.3 cm³/mol. The van der Waals surface area contributed by atoms with Crippen molar-refractivity contribution in [1.82, 2.24) is 9.80 Å². The Morgan fingerprint density at radius 1 is 1.36 bits per heavy atom. The number of rotatable bonds is 3. The molecule has 0 aromatic rings. The molecule has 3 heterocycles. The van der Waals surface area contributed by atoms with Gasteiger partial charge in [-0.3, -0.25) is 14.6 Å². The van der Waals surface area contributed by atoms with Crippen LogP contribution in [0.1, 0.15) is 20.3 Å². The highest BCUT2D eigenvalue weighted by molar-refractivity contribution is 5.86. The van der Waals surface area contributed by atoms with E-state index in [2.05, 4.69) is 23.6 Å². The summed E-state index contributed by atoms with van der Waals surface area (Å²) in [7, 11) is 0. The van der Waals surface area contributed by atoms with Gasteiger partial charge in [0.05, 0.1) is 6.04 Å². The van der Waals surface area contributed by atoms with Gasteiger partial charge in [-0.15, -0.1) is 0 Å². The molecule has 3 nitrogen and oxygen atoms in total. The van der Waals surface area contributed by atoms with Gasteiger partial charge in [-0.05, 0) is 6.42 Å². The average molecular weight is 196 g/mol. The number of piperazine rings is 3. The third kappa shape index (κ3) is 1.71. The van der Waals surface area contributed by atoms with Crippen molar-refractivity contribution in [3.05, 3.63) is 0 Å². The summed E-state index contributed by atoms with van der Waals surface area (Å²) in [5.41, 5.74) is 0. The molecule has 3 aliphatic rings. The maximum Gasteiger partial charge on any atom is 0.154 e. The summed E-state index contributed by atoms with van der Waals surface area (Å²) in [5.74, 6) is 0.692. The highest BCUT2D eigenvalue weighted by atomic mass is 16.1. The number of fused-ring (bicyclic) bond motifs is 3. The number of nitrogens with zero attached hydrogens (tertiary/aromatic N) is 2. The van der Waals surface area contributed by atoms with Crippen LogP contribution in [0.3, 0.4) is 0 Å². The van der Waals surface area contributed by atoms with Crippen molar-refractivity contribution in [2.75, 3.05) is 32.7 Å². The van der Waals surface area contributed by atoms with Crippen molar-refractivity contribution in [1.29, 1.82) is 0 Å². The minimum absolute atomic E-state index is 0.201. The Balaban J connectivity index is 2.01. The van der Waals surface area contributed by atoms with Crippen LogP contribution in [-0.4, -0.2) is 54.3 Å². The van der Waals surface area contributed by atoms with Gasteiger partial charge in [0, 0.05) is 38.6 Å². The molecule has 0 aromatic heterocycles. The van der Waals surface area contributed by atoms with Crippen molar-refractivity contribution in [3.63, 3.8) is 0 Å². The Hall–Kier alpha value is -0.410. The summed E-state index contributed by atoms with van der Waals surface area (Å²) in [4.78, 5) is 16.8. The molecular weight excluding hydrogens is 176 g/mol. The molecule has 3 rings (SSSR count). The lowest BCUT2D eigenvalue weighted by molar-refractivity contribution is -0.133. The molecule has 2 bridgehead atoms. The normalized spacial score (nSPS) is 38.3. The van der Waals surface area contributed by atoms with E-state index in [1.54, 1.807) is 0 Å². The summed E-state index contributed by atoms with van der Waals surface area (Å²) in [5, 5.41) is 0. The van der Waals surface area contributed by atoms with Crippen LogP contribution in [0.5, 0.6) is 0 Å². The first kappa shape index (κ1) is 10.1. The minimum Gasteiger partial charge on any atom is -0.299 e. The van der Waals surface area contributed by atoms with Gasteiger partial charge in [0.25, 0.3) is 0 Å². The molecule has 0 saturated carbocycles. The summed E-state index contributed by atoms with van der Waals surface area (Å²) >= 11 is 0. The minimum atomic E-state index is 0.201. The highest BCUT2D eigenvalue weighted by Crippen LogP contribution is 2.19. The van der Waals surface area contributed by atoms with Crippen molar-refractivity contribution in [2.45, 2.75) is 26.3 Å². The number of hydrogen-bond donors (Lipinski definition) is 0. The highest BCUT2D eigenvalue weighted by Gasteiger charge is 2.37. The zero-order valence-corrected chi connectivity index (χ0v) is 9.20. The molecule has 80 valence electrons. The van der Waals surface area contributed by atoms with E-state index in [9.17, 15) is 4.79 Å². The quantitative estimate of drug-likeness (QED) is 0.660. The second-order valence-electron chi connectivity index (χ2n) is 4.56. The van der Waals surface area contributed by atoms with E-state index in [1.807, 2.05) is 0 Å². The first-order valence-electron chi connectivity index (χ1n) is 5.72. The molecular formula is C11H20N2O. The molecule has 0 radical (unpaired) electrons. The lowest BCUT2D eigenvalue weighted by Gasteiger charge is -2.47. The maximum atomic E-state index is 12.1. The van der Waals surface area contributed by atoms with Gasteiger partial charge < -0.3 is 0 Å². The van der Waals surface area contributed by atoms with E-state index in [4.69, 9.17) is 0 Å². The molecule has 3 fully saturated rings. The Kier molecular flexibility index (Phi) is 2.88.